The summed E-state index contributed by atoms with van der Waals surface area (Å²) in [6.45, 7) is 3.62. The van der Waals surface area contributed by atoms with Crippen molar-refractivity contribution >= 4 is 23.8 Å². The van der Waals surface area contributed by atoms with Gasteiger partial charge in [0.2, 0.25) is 0 Å². The van der Waals surface area contributed by atoms with E-state index in [2.05, 4.69) is 0 Å². The van der Waals surface area contributed by atoms with Crippen LogP contribution in [-0.4, -0.2) is 15.8 Å². The van der Waals surface area contributed by atoms with Gasteiger partial charge in [-0.1, -0.05) is 24.3 Å². The van der Waals surface area contributed by atoms with Gasteiger partial charge in [0.25, 0.3) is 0 Å². The molecule has 1 atom stereocenters. The highest BCUT2D eigenvalue weighted by molar-refractivity contribution is 8.01. The highest BCUT2D eigenvalue weighted by Crippen LogP contribution is 2.44. The van der Waals surface area contributed by atoms with Crippen LogP contribution in [0.2, 0.25) is 0 Å². The fourth-order valence-electron chi connectivity index (χ4n) is 1.58. The number of carboxylic acids is 1. The van der Waals surface area contributed by atoms with E-state index in [4.69, 9.17) is 0 Å². The topological polar surface area (TPSA) is 37.3 Å². The van der Waals surface area contributed by atoms with E-state index in [9.17, 15) is 9.90 Å². The number of hydrogen-bond donors (Lipinski definition) is 1. The average molecular weight is 220 g/mol. The van der Waals surface area contributed by atoms with E-state index >= 15 is 0 Å². The Labute approximate surface area is 93.0 Å². The van der Waals surface area contributed by atoms with E-state index in [-0.39, 0.29) is 0 Å². The molecule has 78 valence electrons. The van der Waals surface area contributed by atoms with Crippen molar-refractivity contribution in [3.05, 3.63) is 35.4 Å². The number of carbonyl (C=O) groups is 1. The van der Waals surface area contributed by atoms with Crippen molar-refractivity contribution in [2.24, 2.45) is 0 Å². The molecule has 0 spiro atoms. The largest absolute Gasteiger partial charge is 0.480 e. The summed E-state index contributed by atoms with van der Waals surface area (Å²) in [6, 6.07) is 7.87. The van der Waals surface area contributed by atoms with E-state index < -0.39 is 10.7 Å². The molecule has 0 saturated carbocycles. The third-order valence-electron chi connectivity index (χ3n) is 2.77. The van der Waals surface area contributed by atoms with Crippen LogP contribution in [0.15, 0.2) is 34.7 Å². The number of carboxylic acid groups (broad SMARTS) is 1. The molecule has 1 aliphatic heterocycles. The van der Waals surface area contributed by atoms with Gasteiger partial charge in [-0.05, 0) is 31.1 Å². The number of rotatable bonds is 1. The molecule has 3 heteroatoms. The normalized spacial score (nSPS) is 24.3. The van der Waals surface area contributed by atoms with Gasteiger partial charge in [0.1, 0.15) is 4.75 Å². The molecule has 1 aromatic carbocycles. The maximum Gasteiger partial charge on any atom is 0.324 e. The molecule has 1 heterocycles. The number of thioether (sulfide) groups is 1. The quantitative estimate of drug-likeness (QED) is 0.790. The molecule has 1 aliphatic rings. The zero-order valence-electron chi connectivity index (χ0n) is 8.65. The first-order valence-electron chi connectivity index (χ1n) is 4.74. The summed E-state index contributed by atoms with van der Waals surface area (Å²) in [7, 11) is 0. The van der Waals surface area contributed by atoms with Crippen LogP contribution >= 0.6 is 11.8 Å². The monoisotopic (exact) mass is 220 g/mol. The van der Waals surface area contributed by atoms with Crippen molar-refractivity contribution in [1.82, 2.24) is 0 Å². The molecule has 0 saturated heterocycles. The maximum atomic E-state index is 11.2. The van der Waals surface area contributed by atoms with Crippen molar-refractivity contribution in [1.29, 1.82) is 0 Å². The maximum absolute atomic E-state index is 11.2. The highest BCUT2D eigenvalue weighted by Gasteiger charge is 2.38. The van der Waals surface area contributed by atoms with Crippen LogP contribution in [-0.2, 0) is 4.79 Å². The van der Waals surface area contributed by atoms with Crippen LogP contribution in [0.1, 0.15) is 19.4 Å². The second-order valence-corrected chi connectivity index (χ2v) is 5.27. The van der Waals surface area contributed by atoms with Gasteiger partial charge in [-0.3, -0.25) is 4.79 Å². The highest BCUT2D eigenvalue weighted by atomic mass is 32.2. The predicted molar refractivity (Wildman–Crippen MR) is 62.0 cm³/mol. The molecule has 0 amide bonds. The van der Waals surface area contributed by atoms with Gasteiger partial charge in [-0.2, -0.15) is 0 Å². The van der Waals surface area contributed by atoms with Gasteiger partial charge < -0.3 is 5.11 Å². The van der Waals surface area contributed by atoms with Gasteiger partial charge in [-0.15, -0.1) is 11.8 Å². The number of benzene rings is 1. The molecule has 2 rings (SSSR count). The third kappa shape index (κ3) is 1.57. The Bertz CT molecular complexity index is 451. The van der Waals surface area contributed by atoms with Crippen LogP contribution in [0.4, 0.5) is 0 Å². The lowest BCUT2D eigenvalue weighted by atomic mass is 9.98. The summed E-state index contributed by atoms with van der Waals surface area (Å²) in [6.07, 6.45) is 1.96. The minimum absolute atomic E-state index is 0.782. The molecule has 2 nitrogen and oxygen atoms in total. The Kier molecular flexibility index (Phi) is 2.35. The summed E-state index contributed by atoms with van der Waals surface area (Å²) in [5, 5.41) is 9.23. The summed E-state index contributed by atoms with van der Waals surface area (Å²) < 4.78 is -0.825. The van der Waals surface area contributed by atoms with E-state index in [0.29, 0.717) is 0 Å². The van der Waals surface area contributed by atoms with Crippen LogP contribution in [0, 0.1) is 0 Å². The number of hydrogen-bond acceptors (Lipinski definition) is 2. The molecule has 0 bridgehead atoms. The second-order valence-electron chi connectivity index (χ2n) is 3.81. The van der Waals surface area contributed by atoms with Gasteiger partial charge in [0, 0.05) is 4.90 Å². The van der Waals surface area contributed by atoms with E-state index in [0.717, 1.165) is 16.0 Å². The standard InChI is InChI=1S/C12H12O2S/c1-8-7-9-5-3-4-6-10(9)15-12(8,2)11(13)14/h3-7H,1-2H3,(H,13,14). The van der Waals surface area contributed by atoms with E-state index in [1.807, 2.05) is 37.3 Å². The number of fused-ring (bicyclic) bond motifs is 1. The van der Waals surface area contributed by atoms with Crippen LogP contribution in [0.3, 0.4) is 0 Å². The van der Waals surface area contributed by atoms with Crippen molar-refractivity contribution in [3.8, 4) is 0 Å². The van der Waals surface area contributed by atoms with Crippen molar-refractivity contribution in [2.75, 3.05) is 0 Å². The fraction of sp³-hybridized carbons (Fsp3) is 0.250. The molecular formula is C12H12O2S. The Hall–Kier alpha value is -1.22. The minimum Gasteiger partial charge on any atom is -0.480 e. The van der Waals surface area contributed by atoms with E-state index in [1.54, 1.807) is 6.92 Å². The lowest BCUT2D eigenvalue weighted by molar-refractivity contribution is -0.138. The zero-order valence-corrected chi connectivity index (χ0v) is 9.47. The number of aliphatic carboxylic acids is 1. The Morgan fingerprint density at radius 1 is 1.40 bits per heavy atom. The average Bonchev–Trinajstić information content (AvgIpc) is 2.19. The van der Waals surface area contributed by atoms with Crippen molar-refractivity contribution < 1.29 is 9.90 Å². The summed E-state index contributed by atoms with van der Waals surface area (Å²) in [5.74, 6) is -0.782. The van der Waals surface area contributed by atoms with E-state index in [1.165, 1.54) is 11.8 Å². The zero-order chi connectivity index (χ0) is 11.1. The summed E-state index contributed by atoms with van der Waals surface area (Å²) >= 11 is 1.41. The third-order valence-corrected chi connectivity index (χ3v) is 4.26. The molecule has 0 fully saturated rings. The molecule has 0 aliphatic carbocycles. The Morgan fingerprint density at radius 2 is 2.07 bits per heavy atom. The first-order chi connectivity index (χ1) is 7.04. The molecule has 15 heavy (non-hydrogen) atoms. The molecule has 0 radical (unpaired) electrons. The van der Waals surface area contributed by atoms with Gasteiger partial charge in [0.05, 0.1) is 0 Å². The predicted octanol–water partition coefficient (Wildman–Crippen LogP) is 3.04. The first kappa shape index (κ1) is 10.3. The Morgan fingerprint density at radius 3 is 2.73 bits per heavy atom. The lowest BCUT2D eigenvalue weighted by Gasteiger charge is -2.29. The lowest BCUT2D eigenvalue weighted by Crippen LogP contribution is -2.34. The van der Waals surface area contributed by atoms with Crippen molar-refractivity contribution in [3.63, 3.8) is 0 Å². The SMILES string of the molecule is CC1=Cc2ccccc2SC1(C)C(=O)O. The molecular weight excluding hydrogens is 208 g/mol. The van der Waals surface area contributed by atoms with Crippen LogP contribution < -0.4 is 0 Å². The second kappa shape index (κ2) is 3.42. The van der Waals surface area contributed by atoms with Crippen LogP contribution in [0.5, 0.6) is 0 Å². The van der Waals surface area contributed by atoms with Gasteiger partial charge in [-0.25, -0.2) is 0 Å². The summed E-state index contributed by atoms with van der Waals surface area (Å²) in [4.78, 5) is 12.3. The van der Waals surface area contributed by atoms with Gasteiger partial charge >= 0.3 is 5.97 Å². The first-order valence-corrected chi connectivity index (χ1v) is 5.56. The van der Waals surface area contributed by atoms with Crippen LogP contribution in [0.25, 0.3) is 6.08 Å². The fourth-order valence-corrected chi connectivity index (χ4v) is 2.71. The van der Waals surface area contributed by atoms with Crippen molar-refractivity contribution in [2.45, 2.75) is 23.5 Å². The molecule has 1 unspecified atom stereocenters. The molecule has 1 aromatic rings. The minimum atomic E-state index is -0.825. The Balaban J connectivity index is 2.53. The molecule has 0 aromatic heterocycles. The molecule has 1 N–H and O–H groups in total. The summed E-state index contributed by atoms with van der Waals surface area (Å²) in [5.41, 5.74) is 2.00. The van der Waals surface area contributed by atoms with Gasteiger partial charge in [0.15, 0.2) is 0 Å². The smallest absolute Gasteiger partial charge is 0.324 e.